The highest BCUT2D eigenvalue weighted by Crippen LogP contribution is 2.32. The molecule has 3 fully saturated rings. The summed E-state index contributed by atoms with van der Waals surface area (Å²) in [4.78, 5) is 28.1. The van der Waals surface area contributed by atoms with Crippen molar-refractivity contribution in [3.05, 3.63) is 24.5 Å². The van der Waals surface area contributed by atoms with Crippen LogP contribution in [0, 0.1) is 5.92 Å². The summed E-state index contributed by atoms with van der Waals surface area (Å²) < 4.78 is 0. The summed E-state index contributed by atoms with van der Waals surface area (Å²) in [5.41, 5.74) is 2.22. The molecule has 0 unspecified atom stereocenters. The van der Waals surface area contributed by atoms with Crippen LogP contribution < -0.4 is 9.80 Å². The molecule has 3 aliphatic rings. The monoisotopic (exact) mass is 351 g/mol. The summed E-state index contributed by atoms with van der Waals surface area (Å²) in [5, 5.41) is 1.14. The van der Waals surface area contributed by atoms with Gasteiger partial charge in [-0.2, -0.15) is 0 Å². The first-order chi connectivity index (χ1) is 12.8. The molecule has 26 heavy (non-hydrogen) atoms. The standard InChI is InChI=1S/C20H25N5O/c26-20(15-3-4-15)25-11-9-23(10-12-25)16-5-6-18-17(13-16)19(22-14-21-18)24-7-1-2-8-24/h5-6,13-15H,1-4,7-12H2. The van der Waals surface area contributed by atoms with Gasteiger partial charge in [0.2, 0.25) is 5.91 Å². The first kappa shape index (κ1) is 15.9. The highest BCUT2D eigenvalue weighted by molar-refractivity contribution is 5.92. The average molecular weight is 351 g/mol. The number of anilines is 2. The molecular formula is C20H25N5O. The first-order valence-electron chi connectivity index (χ1n) is 9.83. The van der Waals surface area contributed by atoms with Crippen molar-refractivity contribution in [1.82, 2.24) is 14.9 Å². The van der Waals surface area contributed by atoms with Gasteiger partial charge in [-0.1, -0.05) is 0 Å². The van der Waals surface area contributed by atoms with Crippen LogP contribution in [-0.2, 0) is 4.79 Å². The fourth-order valence-corrected chi connectivity index (χ4v) is 4.18. The molecule has 1 amide bonds. The summed E-state index contributed by atoms with van der Waals surface area (Å²) >= 11 is 0. The number of benzene rings is 1. The van der Waals surface area contributed by atoms with Crippen LogP contribution in [0.15, 0.2) is 24.5 Å². The van der Waals surface area contributed by atoms with Crippen LogP contribution in [0.3, 0.4) is 0 Å². The molecular weight excluding hydrogens is 326 g/mol. The zero-order chi connectivity index (χ0) is 17.5. The summed E-state index contributed by atoms with van der Waals surface area (Å²) in [5.74, 6) is 1.76. The fraction of sp³-hybridized carbons (Fsp3) is 0.550. The average Bonchev–Trinajstić information content (AvgIpc) is 3.41. The van der Waals surface area contributed by atoms with Crippen LogP contribution in [-0.4, -0.2) is 60.0 Å². The minimum Gasteiger partial charge on any atom is -0.368 e. The summed E-state index contributed by atoms with van der Waals surface area (Å²) in [6.45, 7) is 5.62. The molecule has 0 radical (unpaired) electrons. The van der Waals surface area contributed by atoms with E-state index in [1.165, 1.54) is 18.5 Å². The Kier molecular flexibility index (Phi) is 3.91. The number of hydrogen-bond acceptors (Lipinski definition) is 5. The molecule has 2 saturated heterocycles. The van der Waals surface area contributed by atoms with Crippen molar-refractivity contribution in [2.24, 2.45) is 5.92 Å². The Balaban J connectivity index is 1.37. The van der Waals surface area contributed by atoms with Crippen molar-refractivity contribution in [3.8, 4) is 0 Å². The summed E-state index contributed by atoms with van der Waals surface area (Å²) in [6, 6.07) is 6.50. The van der Waals surface area contributed by atoms with Crippen LogP contribution in [0.2, 0.25) is 0 Å². The lowest BCUT2D eigenvalue weighted by Crippen LogP contribution is -2.49. The predicted molar refractivity (Wildman–Crippen MR) is 103 cm³/mol. The van der Waals surface area contributed by atoms with E-state index in [1.807, 2.05) is 4.90 Å². The van der Waals surface area contributed by atoms with E-state index in [-0.39, 0.29) is 0 Å². The molecule has 0 N–H and O–H groups in total. The Labute approximate surface area is 153 Å². The lowest BCUT2D eigenvalue weighted by Gasteiger charge is -2.36. The largest absolute Gasteiger partial charge is 0.368 e. The number of piperazine rings is 1. The van der Waals surface area contributed by atoms with Gasteiger partial charge in [0, 0.05) is 56.3 Å². The summed E-state index contributed by atoms with van der Waals surface area (Å²) in [7, 11) is 0. The minimum absolute atomic E-state index is 0.322. The van der Waals surface area contributed by atoms with E-state index in [9.17, 15) is 4.79 Å². The molecule has 1 aromatic heterocycles. The number of nitrogens with zero attached hydrogens (tertiary/aromatic N) is 5. The van der Waals surface area contributed by atoms with E-state index < -0.39 is 0 Å². The zero-order valence-electron chi connectivity index (χ0n) is 15.1. The van der Waals surface area contributed by atoms with E-state index in [2.05, 4.69) is 38.0 Å². The number of fused-ring (bicyclic) bond motifs is 1. The molecule has 1 aromatic carbocycles. The number of amides is 1. The molecule has 0 atom stereocenters. The van der Waals surface area contributed by atoms with Gasteiger partial charge < -0.3 is 14.7 Å². The second-order valence-corrected chi connectivity index (χ2v) is 7.68. The molecule has 6 nitrogen and oxygen atoms in total. The quantitative estimate of drug-likeness (QED) is 0.849. The van der Waals surface area contributed by atoms with Crippen molar-refractivity contribution in [1.29, 1.82) is 0 Å². The van der Waals surface area contributed by atoms with Gasteiger partial charge in [0.15, 0.2) is 0 Å². The van der Waals surface area contributed by atoms with Crippen molar-refractivity contribution in [2.45, 2.75) is 25.7 Å². The van der Waals surface area contributed by atoms with Gasteiger partial charge in [0.25, 0.3) is 0 Å². The molecule has 5 rings (SSSR count). The van der Waals surface area contributed by atoms with Crippen molar-refractivity contribution >= 4 is 28.3 Å². The molecule has 6 heteroatoms. The lowest BCUT2D eigenvalue weighted by molar-refractivity contribution is -0.132. The maximum Gasteiger partial charge on any atom is 0.225 e. The number of carbonyl (C=O) groups is 1. The Morgan fingerprint density at radius 1 is 0.923 bits per heavy atom. The highest BCUT2D eigenvalue weighted by Gasteiger charge is 2.34. The van der Waals surface area contributed by atoms with Crippen LogP contribution in [0.1, 0.15) is 25.7 Å². The van der Waals surface area contributed by atoms with Crippen LogP contribution in [0.25, 0.3) is 10.9 Å². The second kappa shape index (κ2) is 6.41. The van der Waals surface area contributed by atoms with Gasteiger partial charge >= 0.3 is 0 Å². The van der Waals surface area contributed by atoms with E-state index in [0.29, 0.717) is 11.8 Å². The van der Waals surface area contributed by atoms with Gasteiger partial charge in [-0.25, -0.2) is 9.97 Å². The molecule has 1 aliphatic carbocycles. The van der Waals surface area contributed by atoms with Crippen LogP contribution in [0.4, 0.5) is 11.5 Å². The third kappa shape index (κ3) is 2.87. The molecule has 2 aromatic rings. The van der Waals surface area contributed by atoms with Crippen molar-refractivity contribution in [3.63, 3.8) is 0 Å². The normalized spacial score (nSPS) is 20.8. The third-order valence-electron chi connectivity index (χ3n) is 5.89. The topological polar surface area (TPSA) is 52.6 Å². The SMILES string of the molecule is O=C(C1CC1)N1CCN(c2ccc3ncnc(N4CCCC4)c3c2)CC1. The smallest absolute Gasteiger partial charge is 0.225 e. The Morgan fingerprint density at radius 3 is 2.42 bits per heavy atom. The minimum atomic E-state index is 0.322. The van der Waals surface area contributed by atoms with Crippen LogP contribution in [0.5, 0.6) is 0 Å². The molecule has 136 valence electrons. The van der Waals surface area contributed by atoms with Gasteiger partial charge in [0.1, 0.15) is 12.1 Å². The number of rotatable bonds is 3. The van der Waals surface area contributed by atoms with Crippen LogP contribution >= 0.6 is 0 Å². The third-order valence-corrected chi connectivity index (χ3v) is 5.89. The molecule has 0 spiro atoms. The van der Waals surface area contributed by atoms with Crippen molar-refractivity contribution < 1.29 is 4.79 Å². The number of aromatic nitrogens is 2. The molecule has 2 aliphatic heterocycles. The van der Waals surface area contributed by atoms with Gasteiger partial charge in [-0.05, 0) is 43.9 Å². The van der Waals surface area contributed by atoms with E-state index in [0.717, 1.165) is 68.8 Å². The van der Waals surface area contributed by atoms with E-state index in [4.69, 9.17) is 0 Å². The van der Waals surface area contributed by atoms with Gasteiger partial charge in [-0.3, -0.25) is 4.79 Å². The second-order valence-electron chi connectivity index (χ2n) is 7.68. The Bertz CT molecular complexity index is 820. The zero-order valence-corrected chi connectivity index (χ0v) is 15.1. The molecule has 0 bridgehead atoms. The van der Waals surface area contributed by atoms with E-state index in [1.54, 1.807) is 6.33 Å². The summed E-state index contributed by atoms with van der Waals surface area (Å²) in [6.07, 6.45) is 6.33. The lowest BCUT2D eigenvalue weighted by atomic mass is 10.1. The van der Waals surface area contributed by atoms with Gasteiger partial charge in [0.05, 0.1) is 5.52 Å². The van der Waals surface area contributed by atoms with Gasteiger partial charge in [-0.15, -0.1) is 0 Å². The predicted octanol–water partition coefficient (Wildman–Crippen LogP) is 2.29. The maximum atomic E-state index is 12.3. The fourth-order valence-electron chi connectivity index (χ4n) is 4.18. The Hall–Kier alpha value is -2.37. The number of carbonyl (C=O) groups excluding carboxylic acids is 1. The maximum absolute atomic E-state index is 12.3. The molecule has 1 saturated carbocycles. The first-order valence-corrected chi connectivity index (χ1v) is 9.83. The molecule has 3 heterocycles. The highest BCUT2D eigenvalue weighted by atomic mass is 16.2. The Morgan fingerprint density at radius 2 is 1.69 bits per heavy atom. The van der Waals surface area contributed by atoms with E-state index >= 15 is 0 Å². The van der Waals surface area contributed by atoms with Crippen molar-refractivity contribution in [2.75, 3.05) is 49.1 Å². The number of hydrogen-bond donors (Lipinski definition) is 0.